The van der Waals surface area contributed by atoms with E-state index in [2.05, 4.69) is 23.8 Å². The van der Waals surface area contributed by atoms with Gasteiger partial charge in [-0.25, -0.2) is 4.98 Å². The predicted molar refractivity (Wildman–Crippen MR) is 110 cm³/mol. The fourth-order valence-electron chi connectivity index (χ4n) is 2.95. The number of anilines is 4. The summed E-state index contributed by atoms with van der Waals surface area (Å²) in [6.45, 7) is 4.20. The second-order valence-electron chi connectivity index (χ2n) is 7.10. The molecule has 7 heteroatoms. The molecule has 3 rings (SSSR count). The summed E-state index contributed by atoms with van der Waals surface area (Å²) < 4.78 is 40.7. The van der Waals surface area contributed by atoms with E-state index in [1.54, 1.807) is 43.3 Å². The lowest BCUT2D eigenvalue weighted by Gasteiger charge is -2.25. The molecule has 0 spiro atoms. The summed E-state index contributed by atoms with van der Waals surface area (Å²) in [7, 11) is 3.30. The van der Waals surface area contributed by atoms with Crippen LogP contribution in [-0.2, 0) is 6.18 Å². The molecule has 0 bridgehead atoms. The van der Waals surface area contributed by atoms with Crippen LogP contribution in [-0.4, -0.2) is 24.1 Å². The van der Waals surface area contributed by atoms with Crippen LogP contribution < -0.4 is 9.80 Å². The highest BCUT2D eigenvalue weighted by atomic mass is 19.4. The van der Waals surface area contributed by atoms with Crippen LogP contribution in [0.3, 0.4) is 0 Å². The zero-order valence-corrected chi connectivity index (χ0v) is 16.8. The minimum atomic E-state index is -4.56. The van der Waals surface area contributed by atoms with Crippen LogP contribution >= 0.6 is 0 Å². The lowest BCUT2D eigenvalue weighted by atomic mass is 10.0. The molecular formula is C22H23F3N4. The molecule has 0 saturated heterocycles. The van der Waals surface area contributed by atoms with Gasteiger partial charge < -0.3 is 9.80 Å². The van der Waals surface area contributed by atoms with E-state index in [1.807, 2.05) is 30.3 Å². The van der Waals surface area contributed by atoms with E-state index in [-0.39, 0.29) is 11.8 Å². The lowest BCUT2D eigenvalue weighted by molar-refractivity contribution is -0.137. The topological polar surface area (TPSA) is 32.3 Å². The first-order valence-electron chi connectivity index (χ1n) is 9.25. The lowest BCUT2D eigenvalue weighted by Crippen LogP contribution is -2.21. The number of hydrogen-bond acceptors (Lipinski definition) is 4. The smallest absolute Gasteiger partial charge is 0.329 e. The number of benzene rings is 2. The van der Waals surface area contributed by atoms with Gasteiger partial charge in [0.25, 0.3) is 0 Å². The second-order valence-corrected chi connectivity index (χ2v) is 7.10. The van der Waals surface area contributed by atoms with Gasteiger partial charge >= 0.3 is 6.18 Å². The molecule has 0 amide bonds. The highest BCUT2D eigenvalue weighted by Gasteiger charge is 2.36. The molecule has 0 saturated carbocycles. The van der Waals surface area contributed by atoms with Gasteiger partial charge in [-0.15, -0.1) is 0 Å². The summed E-state index contributed by atoms with van der Waals surface area (Å²) in [6.07, 6.45) is -3.72. The van der Waals surface area contributed by atoms with Crippen LogP contribution in [0.15, 0.2) is 60.8 Å². The maximum absolute atomic E-state index is 13.6. The minimum absolute atomic E-state index is 0.188. The predicted octanol–water partition coefficient (Wildman–Crippen LogP) is 6.15. The fourth-order valence-corrected chi connectivity index (χ4v) is 2.95. The van der Waals surface area contributed by atoms with Gasteiger partial charge in [0.1, 0.15) is 5.56 Å². The number of nitrogens with zero attached hydrogens (tertiary/aromatic N) is 4. The second kappa shape index (κ2) is 8.11. The molecule has 4 nitrogen and oxygen atoms in total. The summed E-state index contributed by atoms with van der Waals surface area (Å²) in [4.78, 5) is 11.3. The Kier molecular flexibility index (Phi) is 5.77. The molecule has 1 heterocycles. The monoisotopic (exact) mass is 400 g/mol. The zero-order valence-electron chi connectivity index (χ0n) is 16.8. The van der Waals surface area contributed by atoms with Crippen LogP contribution in [0, 0.1) is 0 Å². The quantitative estimate of drug-likeness (QED) is 0.514. The van der Waals surface area contributed by atoms with E-state index in [1.165, 1.54) is 10.5 Å². The Bertz CT molecular complexity index is 954. The summed E-state index contributed by atoms with van der Waals surface area (Å²) >= 11 is 0. The van der Waals surface area contributed by atoms with Crippen molar-refractivity contribution in [2.24, 2.45) is 0 Å². The van der Waals surface area contributed by atoms with Crippen molar-refractivity contribution in [1.29, 1.82) is 0 Å². The van der Waals surface area contributed by atoms with Crippen molar-refractivity contribution < 1.29 is 13.2 Å². The molecule has 29 heavy (non-hydrogen) atoms. The van der Waals surface area contributed by atoms with Crippen molar-refractivity contribution in [3.8, 4) is 0 Å². The maximum Gasteiger partial charge on any atom is 0.421 e. The molecule has 0 atom stereocenters. The first-order chi connectivity index (χ1) is 13.7. The van der Waals surface area contributed by atoms with Gasteiger partial charge in [0.05, 0.1) is 0 Å². The molecule has 0 N–H and O–H groups in total. The fraction of sp³-hybridized carbons (Fsp3) is 0.273. The molecule has 0 radical (unpaired) electrons. The number of aromatic nitrogens is 2. The average molecular weight is 400 g/mol. The average Bonchev–Trinajstić information content (AvgIpc) is 2.72. The van der Waals surface area contributed by atoms with Crippen LogP contribution in [0.5, 0.6) is 0 Å². The Morgan fingerprint density at radius 1 is 0.828 bits per heavy atom. The number of alkyl halides is 3. The first kappa shape index (κ1) is 20.6. The minimum Gasteiger partial charge on any atom is -0.329 e. The van der Waals surface area contributed by atoms with Crippen LogP contribution in [0.4, 0.5) is 36.3 Å². The Morgan fingerprint density at radius 2 is 1.41 bits per heavy atom. The number of rotatable bonds is 5. The van der Waals surface area contributed by atoms with Crippen LogP contribution in [0.1, 0.15) is 30.9 Å². The molecule has 2 aromatic carbocycles. The van der Waals surface area contributed by atoms with E-state index in [9.17, 15) is 13.2 Å². The van der Waals surface area contributed by atoms with Crippen molar-refractivity contribution >= 4 is 23.1 Å². The Hall–Kier alpha value is -3.09. The molecule has 152 valence electrons. The van der Waals surface area contributed by atoms with E-state index in [4.69, 9.17) is 0 Å². The number of para-hydroxylation sites is 1. The van der Waals surface area contributed by atoms with Crippen molar-refractivity contribution in [3.05, 3.63) is 71.9 Å². The third-order valence-electron chi connectivity index (χ3n) is 4.77. The summed E-state index contributed by atoms with van der Waals surface area (Å²) in [5.41, 5.74) is 1.70. The third kappa shape index (κ3) is 4.50. The van der Waals surface area contributed by atoms with Crippen molar-refractivity contribution in [1.82, 2.24) is 9.97 Å². The van der Waals surface area contributed by atoms with Crippen molar-refractivity contribution in [3.63, 3.8) is 0 Å². The van der Waals surface area contributed by atoms with Gasteiger partial charge in [-0.1, -0.05) is 44.2 Å². The standard InChI is InChI=1S/C22H23F3N4/c1-15(2)16-10-12-18(13-11-16)29(4)21-26-14-19(22(23,24)25)20(27-21)28(3)17-8-6-5-7-9-17/h5-15H,1-4H3. The van der Waals surface area contributed by atoms with Gasteiger partial charge in [-0.3, -0.25) is 0 Å². The highest BCUT2D eigenvalue weighted by Crippen LogP contribution is 2.38. The molecular weight excluding hydrogens is 377 g/mol. The summed E-state index contributed by atoms with van der Waals surface area (Å²) in [6, 6.07) is 16.6. The van der Waals surface area contributed by atoms with Crippen molar-refractivity contribution in [2.45, 2.75) is 25.9 Å². The first-order valence-corrected chi connectivity index (χ1v) is 9.25. The van der Waals surface area contributed by atoms with Crippen LogP contribution in [0.25, 0.3) is 0 Å². The Morgan fingerprint density at radius 3 is 1.97 bits per heavy atom. The largest absolute Gasteiger partial charge is 0.421 e. The van der Waals surface area contributed by atoms with E-state index < -0.39 is 11.7 Å². The molecule has 1 aromatic heterocycles. The highest BCUT2D eigenvalue weighted by molar-refractivity contribution is 5.65. The van der Waals surface area contributed by atoms with Gasteiger partial charge in [0.15, 0.2) is 5.82 Å². The molecule has 3 aromatic rings. The summed E-state index contributed by atoms with van der Waals surface area (Å²) in [5.74, 6) is 0.384. The molecule has 0 unspecified atom stereocenters. The summed E-state index contributed by atoms with van der Waals surface area (Å²) in [5, 5.41) is 0. The van der Waals surface area contributed by atoms with E-state index in [0.29, 0.717) is 11.6 Å². The van der Waals surface area contributed by atoms with Gasteiger partial charge in [0.2, 0.25) is 5.95 Å². The zero-order chi connectivity index (χ0) is 21.2. The van der Waals surface area contributed by atoms with E-state index in [0.717, 1.165) is 11.9 Å². The SMILES string of the molecule is CC(C)c1ccc(N(C)c2ncc(C(F)(F)F)c(N(C)c3ccccc3)n2)cc1. The Balaban J connectivity index is 2.02. The van der Waals surface area contributed by atoms with Crippen molar-refractivity contribution in [2.75, 3.05) is 23.9 Å². The van der Waals surface area contributed by atoms with Gasteiger partial charge in [-0.2, -0.15) is 18.2 Å². The molecule has 0 fully saturated rings. The molecule has 0 aliphatic heterocycles. The number of hydrogen-bond donors (Lipinski definition) is 0. The Labute approximate surface area is 168 Å². The normalized spacial score (nSPS) is 11.6. The van der Waals surface area contributed by atoms with Gasteiger partial charge in [0, 0.05) is 31.7 Å². The van der Waals surface area contributed by atoms with Crippen LogP contribution in [0.2, 0.25) is 0 Å². The third-order valence-corrected chi connectivity index (χ3v) is 4.77. The number of halogens is 3. The molecule has 0 aliphatic carbocycles. The van der Waals surface area contributed by atoms with Gasteiger partial charge in [-0.05, 0) is 35.7 Å². The molecule has 0 aliphatic rings. The van der Waals surface area contributed by atoms with E-state index >= 15 is 0 Å². The maximum atomic E-state index is 13.6.